The number of rotatable bonds is 4. The van der Waals surface area contributed by atoms with Gasteiger partial charge >= 0.3 is 0 Å². The van der Waals surface area contributed by atoms with Gasteiger partial charge in [-0.2, -0.15) is 0 Å². The number of halogens is 1. The van der Waals surface area contributed by atoms with E-state index < -0.39 is 5.54 Å². The highest BCUT2D eigenvalue weighted by Crippen LogP contribution is 2.33. The van der Waals surface area contributed by atoms with Crippen LogP contribution in [0.4, 0.5) is 0 Å². The highest BCUT2D eigenvalue weighted by Gasteiger charge is 2.36. The number of aromatic nitrogens is 1. The molecule has 0 radical (unpaired) electrons. The summed E-state index contributed by atoms with van der Waals surface area (Å²) >= 11 is 6.12. The van der Waals surface area contributed by atoms with E-state index in [1.54, 1.807) is 4.90 Å². The first-order chi connectivity index (χ1) is 15.6. The molecule has 0 saturated heterocycles. The van der Waals surface area contributed by atoms with Gasteiger partial charge in [0.05, 0.1) is 6.04 Å². The normalized spacial score (nSPS) is 15.8. The third kappa shape index (κ3) is 4.83. The summed E-state index contributed by atoms with van der Waals surface area (Å²) in [7, 11) is 0. The number of fused-ring (bicyclic) bond motifs is 1. The second-order valence-electron chi connectivity index (χ2n) is 9.60. The number of benzene rings is 2. The van der Waals surface area contributed by atoms with E-state index in [2.05, 4.69) is 10.6 Å². The van der Waals surface area contributed by atoms with Crippen molar-refractivity contribution in [2.45, 2.75) is 45.8 Å². The summed E-state index contributed by atoms with van der Waals surface area (Å²) < 4.78 is 2.18. The minimum atomic E-state index is -0.511. The van der Waals surface area contributed by atoms with Crippen molar-refractivity contribution in [1.29, 1.82) is 0 Å². The van der Waals surface area contributed by atoms with Crippen LogP contribution in [-0.4, -0.2) is 44.8 Å². The number of carbonyl (C=O) groups is 2. The van der Waals surface area contributed by atoms with Crippen LogP contribution in [-0.2, 0) is 11.3 Å². The fraction of sp³-hybridized carbons (Fsp3) is 0.333. The van der Waals surface area contributed by atoms with Crippen LogP contribution in [0.15, 0.2) is 66.9 Å². The van der Waals surface area contributed by atoms with Crippen LogP contribution in [0.25, 0.3) is 0 Å². The number of nitrogens with zero attached hydrogens (tertiary/aromatic N) is 3. The van der Waals surface area contributed by atoms with Crippen LogP contribution in [0.5, 0.6) is 0 Å². The first-order valence-electron chi connectivity index (χ1n) is 11.2. The summed E-state index contributed by atoms with van der Waals surface area (Å²) in [5.74, 6) is -0.211. The number of hydrogen-bond acceptors (Lipinski definition) is 2. The van der Waals surface area contributed by atoms with E-state index >= 15 is 0 Å². The third-order valence-electron chi connectivity index (χ3n) is 6.19. The largest absolute Gasteiger partial charge is 0.348 e. The van der Waals surface area contributed by atoms with E-state index in [0.717, 1.165) is 23.4 Å². The molecule has 0 unspecified atom stereocenters. The van der Waals surface area contributed by atoms with Gasteiger partial charge in [-0.1, -0.05) is 41.4 Å². The van der Waals surface area contributed by atoms with Crippen LogP contribution >= 0.6 is 11.6 Å². The Hall–Kier alpha value is -3.05. The SMILES string of the molecule is Cc1ccc(C(=O)N(CC(=O)N2CCn3cccc3[C@H]2c2ccc(Cl)cc2)C(C)(C)C)cc1. The fourth-order valence-corrected chi connectivity index (χ4v) is 4.47. The molecular weight excluding hydrogens is 434 g/mol. The van der Waals surface area contributed by atoms with E-state index in [0.29, 0.717) is 17.1 Å². The third-order valence-corrected chi connectivity index (χ3v) is 6.44. The van der Waals surface area contributed by atoms with Crippen molar-refractivity contribution in [2.24, 2.45) is 0 Å². The van der Waals surface area contributed by atoms with E-state index in [1.807, 2.05) is 93.4 Å². The molecule has 0 bridgehead atoms. The first kappa shape index (κ1) is 23.1. The lowest BCUT2D eigenvalue weighted by atomic mass is 9.99. The molecule has 0 N–H and O–H groups in total. The topological polar surface area (TPSA) is 45.6 Å². The molecule has 1 aromatic heterocycles. The predicted molar refractivity (Wildman–Crippen MR) is 131 cm³/mol. The minimum absolute atomic E-state index is 0.0149. The zero-order valence-corrected chi connectivity index (χ0v) is 20.3. The molecule has 2 heterocycles. The maximum atomic E-state index is 13.7. The van der Waals surface area contributed by atoms with E-state index in [9.17, 15) is 9.59 Å². The van der Waals surface area contributed by atoms with Gasteiger partial charge in [0.15, 0.2) is 0 Å². The van der Waals surface area contributed by atoms with Crippen molar-refractivity contribution in [1.82, 2.24) is 14.4 Å². The maximum absolute atomic E-state index is 13.7. The lowest BCUT2D eigenvalue weighted by Crippen LogP contribution is -2.53. The summed E-state index contributed by atoms with van der Waals surface area (Å²) in [5.41, 5.74) is 3.23. The molecule has 4 rings (SSSR count). The van der Waals surface area contributed by atoms with Crippen molar-refractivity contribution in [2.75, 3.05) is 13.1 Å². The Bertz CT molecular complexity index is 1140. The Morgan fingerprint density at radius 3 is 2.30 bits per heavy atom. The summed E-state index contributed by atoms with van der Waals surface area (Å²) in [6.07, 6.45) is 2.04. The standard InChI is InChI=1S/C27H30ClN3O2/c1-19-7-9-21(10-8-19)26(33)31(27(2,3)4)18-24(32)30-17-16-29-15-5-6-23(29)25(30)20-11-13-22(28)14-12-20/h5-15,25H,16-18H2,1-4H3/t25-/m1/s1. The molecule has 2 aromatic carbocycles. The Balaban J connectivity index is 1.65. The molecule has 1 aliphatic heterocycles. The van der Waals surface area contributed by atoms with Crippen LogP contribution in [0.3, 0.4) is 0 Å². The monoisotopic (exact) mass is 463 g/mol. The number of carbonyl (C=O) groups excluding carboxylic acids is 2. The van der Waals surface area contributed by atoms with E-state index in [-0.39, 0.29) is 24.4 Å². The van der Waals surface area contributed by atoms with Crippen molar-refractivity contribution < 1.29 is 9.59 Å². The Morgan fingerprint density at radius 2 is 1.67 bits per heavy atom. The molecule has 0 aliphatic carbocycles. The van der Waals surface area contributed by atoms with Gasteiger partial charge < -0.3 is 14.4 Å². The second kappa shape index (κ2) is 9.06. The highest BCUT2D eigenvalue weighted by atomic mass is 35.5. The zero-order chi connectivity index (χ0) is 23.8. The van der Waals surface area contributed by atoms with Crippen LogP contribution < -0.4 is 0 Å². The Kier molecular flexibility index (Phi) is 6.35. The predicted octanol–water partition coefficient (Wildman–Crippen LogP) is 5.32. The van der Waals surface area contributed by atoms with Crippen molar-refractivity contribution in [3.8, 4) is 0 Å². The van der Waals surface area contributed by atoms with E-state index in [1.165, 1.54) is 0 Å². The van der Waals surface area contributed by atoms with Crippen LogP contribution in [0, 0.1) is 6.92 Å². The Labute approximate surface area is 200 Å². The maximum Gasteiger partial charge on any atom is 0.254 e. The second-order valence-corrected chi connectivity index (χ2v) is 10.0. The number of amides is 2. The smallest absolute Gasteiger partial charge is 0.254 e. The fourth-order valence-electron chi connectivity index (χ4n) is 4.34. The van der Waals surface area contributed by atoms with Crippen LogP contribution in [0.1, 0.15) is 54.0 Å². The van der Waals surface area contributed by atoms with Gasteiger partial charge in [-0.05, 0) is 69.7 Å². The molecule has 0 fully saturated rings. The van der Waals surface area contributed by atoms with Gasteiger partial charge in [0.2, 0.25) is 5.91 Å². The number of aryl methyl sites for hydroxylation is 1. The van der Waals surface area contributed by atoms with Crippen molar-refractivity contribution in [3.05, 3.63) is 94.3 Å². The van der Waals surface area contributed by atoms with E-state index in [4.69, 9.17) is 11.6 Å². The molecule has 172 valence electrons. The molecular formula is C27H30ClN3O2. The van der Waals surface area contributed by atoms with Crippen LogP contribution in [0.2, 0.25) is 5.02 Å². The van der Waals surface area contributed by atoms with Gasteiger partial charge in [-0.25, -0.2) is 0 Å². The zero-order valence-electron chi connectivity index (χ0n) is 19.6. The van der Waals surface area contributed by atoms with Gasteiger partial charge in [-0.15, -0.1) is 0 Å². The molecule has 33 heavy (non-hydrogen) atoms. The highest BCUT2D eigenvalue weighted by molar-refractivity contribution is 6.30. The summed E-state index contributed by atoms with van der Waals surface area (Å²) in [6, 6.07) is 19.0. The quantitative estimate of drug-likeness (QED) is 0.525. The molecule has 1 aliphatic rings. The summed E-state index contributed by atoms with van der Waals surface area (Å²) in [4.78, 5) is 30.7. The molecule has 6 heteroatoms. The molecule has 3 aromatic rings. The van der Waals surface area contributed by atoms with Crippen molar-refractivity contribution >= 4 is 23.4 Å². The first-order valence-corrected chi connectivity index (χ1v) is 11.6. The average molecular weight is 464 g/mol. The van der Waals surface area contributed by atoms with Gasteiger partial charge in [-0.3, -0.25) is 9.59 Å². The van der Waals surface area contributed by atoms with Gasteiger partial charge in [0.25, 0.3) is 5.91 Å². The summed E-state index contributed by atoms with van der Waals surface area (Å²) in [6.45, 7) is 9.19. The van der Waals surface area contributed by atoms with Crippen molar-refractivity contribution in [3.63, 3.8) is 0 Å². The van der Waals surface area contributed by atoms with Gasteiger partial charge in [0.1, 0.15) is 6.54 Å². The molecule has 5 nitrogen and oxygen atoms in total. The Morgan fingerprint density at radius 1 is 1.00 bits per heavy atom. The number of hydrogen-bond donors (Lipinski definition) is 0. The molecule has 2 amide bonds. The molecule has 0 spiro atoms. The summed E-state index contributed by atoms with van der Waals surface area (Å²) in [5, 5.41) is 0.658. The molecule has 0 saturated carbocycles. The minimum Gasteiger partial charge on any atom is -0.348 e. The lowest BCUT2D eigenvalue weighted by molar-refractivity contribution is -0.135. The molecule has 1 atom stereocenters. The lowest BCUT2D eigenvalue weighted by Gasteiger charge is -2.41. The average Bonchev–Trinajstić information content (AvgIpc) is 3.25. The van der Waals surface area contributed by atoms with Gasteiger partial charge in [0, 0.05) is 41.1 Å².